The Balaban J connectivity index is 1.43. The maximum absolute atomic E-state index is 12.3. The smallest absolute Gasteiger partial charge is 0.320 e. The van der Waals surface area contributed by atoms with Gasteiger partial charge in [0.2, 0.25) is 0 Å². The number of nitriles is 1. The molecule has 0 aliphatic carbocycles. The van der Waals surface area contributed by atoms with Crippen molar-refractivity contribution in [2.24, 2.45) is 0 Å². The van der Waals surface area contributed by atoms with Gasteiger partial charge in [0.25, 0.3) is 0 Å². The first kappa shape index (κ1) is 14.9. The van der Waals surface area contributed by atoms with Crippen LogP contribution in [0.1, 0.15) is 30.4 Å². The summed E-state index contributed by atoms with van der Waals surface area (Å²) >= 11 is 0. The number of fused-ring (bicyclic) bond motifs is 1. The molecule has 2 amide bonds. The molecule has 22 heavy (non-hydrogen) atoms. The molecule has 2 heterocycles. The number of benzene rings is 1. The summed E-state index contributed by atoms with van der Waals surface area (Å²) in [6.45, 7) is 4.07. The zero-order chi connectivity index (χ0) is 15.4. The number of hydrogen-bond donors (Lipinski definition) is 1. The molecule has 116 valence electrons. The van der Waals surface area contributed by atoms with Gasteiger partial charge in [-0.3, -0.25) is 0 Å². The second-order valence-electron chi connectivity index (χ2n) is 6.06. The van der Waals surface area contributed by atoms with Gasteiger partial charge >= 0.3 is 6.03 Å². The monoisotopic (exact) mass is 298 g/mol. The number of carbonyl (C=O) groups excluding carboxylic acids is 1. The van der Waals surface area contributed by atoms with Crippen molar-refractivity contribution in [1.29, 1.82) is 5.26 Å². The van der Waals surface area contributed by atoms with E-state index in [1.54, 1.807) is 0 Å². The second-order valence-corrected chi connectivity index (χ2v) is 6.06. The van der Waals surface area contributed by atoms with Crippen molar-refractivity contribution >= 4 is 6.03 Å². The summed E-state index contributed by atoms with van der Waals surface area (Å²) in [5.41, 5.74) is 1.79. The molecular formula is C17H22N4O. The summed E-state index contributed by atoms with van der Waals surface area (Å²) in [4.78, 5) is 16.3. The standard InChI is InChI=1S/C17H22N4O/c18-11-14-4-3-5-15(10-14)12-19-7-9-20-13-16-6-1-2-8-21(16)17(20)22/h3-5,10,16,19H,1-2,6-9,12-13H2. The molecule has 0 saturated carbocycles. The molecule has 1 N–H and O–H groups in total. The normalized spacial score (nSPS) is 20.9. The zero-order valence-corrected chi connectivity index (χ0v) is 12.8. The number of nitrogens with one attached hydrogen (secondary N) is 1. The third-order valence-corrected chi connectivity index (χ3v) is 4.52. The third kappa shape index (κ3) is 3.23. The van der Waals surface area contributed by atoms with Crippen LogP contribution in [0.2, 0.25) is 0 Å². The largest absolute Gasteiger partial charge is 0.321 e. The van der Waals surface area contributed by atoms with Crippen molar-refractivity contribution in [3.63, 3.8) is 0 Å². The fraction of sp³-hybridized carbons (Fsp3) is 0.529. The van der Waals surface area contributed by atoms with Gasteiger partial charge in [-0.2, -0.15) is 5.26 Å². The summed E-state index contributed by atoms with van der Waals surface area (Å²) in [7, 11) is 0. The van der Waals surface area contributed by atoms with E-state index in [-0.39, 0.29) is 6.03 Å². The Morgan fingerprint density at radius 1 is 1.36 bits per heavy atom. The van der Waals surface area contributed by atoms with Gasteiger partial charge in [-0.25, -0.2) is 4.79 Å². The molecule has 1 aromatic rings. The highest BCUT2D eigenvalue weighted by atomic mass is 16.2. The maximum atomic E-state index is 12.3. The average Bonchev–Trinajstić information content (AvgIpc) is 2.88. The number of rotatable bonds is 5. The minimum Gasteiger partial charge on any atom is -0.321 e. The fourth-order valence-electron chi connectivity index (χ4n) is 3.34. The second kappa shape index (κ2) is 6.80. The van der Waals surface area contributed by atoms with E-state index in [0.29, 0.717) is 11.6 Å². The van der Waals surface area contributed by atoms with E-state index in [9.17, 15) is 4.79 Å². The summed E-state index contributed by atoms with van der Waals surface area (Å²) in [5, 5.41) is 12.2. The van der Waals surface area contributed by atoms with Crippen molar-refractivity contribution in [3.05, 3.63) is 35.4 Å². The molecule has 2 aliphatic heterocycles. The first-order valence-corrected chi connectivity index (χ1v) is 8.03. The van der Waals surface area contributed by atoms with Gasteiger partial charge in [0.15, 0.2) is 0 Å². The molecule has 0 radical (unpaired) electrons. The van der Waals surface area contributed by atoms with Gasteiger partial charge in [0, 0.05) is 32.7 Å². The van der Waals surface area contributed by atoms with Crippen LogP contribution in [-0.2, 0) is 6.54 Å². The number of urea groups is 1. The number of amides is 2. The van der Waals surface area contributed by atoms with E-state index in [2.05, 4.69) is 11.4 Å². The Bertz CT molecular complexity index is 580. The molecule has 3 rings (SSSR count). The first-order chi connectivity index (χ1) is 10.8. The van der Waals surface area contributed by atoms with Crippen molar-refractivity contribution in [2.75, 3.05) is 26.2 Å². The van der Waals surface area contributed by atoms with Gasteiger partial charge in [-0.1, -0.05) is 12.1 Å². The Kier molecular flexibility index (Phi) is 4.59. The molecule has 2 fully saturated rings. The zero-order valence-electron chi connectivity index (χ0n) is 12.8. The summed E-state index contributed by atoms with van der Waals surface area (Å²) < 4.78 is 0. The van der Waals surface area contributed by atoms with Crippen molar-refractivity contribution in [2.45, 2.75) is 31.8 Å². The molecule has 1 atom stereocenters. The van der Waals surface area contributed by atoms with Crippen LogP contribution in [0.3, 0.4) is 0 Å². The Morgan fingerprint density at radius 3 is 3.09 bits per heavy atom. The van der Waals surface area contributed by atoms with Gasteiger partial charge in [0.05, 0.1) is 17.7 Å². The van der Waals surface area contributed by atoms with Crippen LogP contribution in [0, 0.1) is 11.3 Å². The molecule has 2 aliphatic rings. The molecule has 1 unspecified atom stereocenters. The lowest BCUT2D eigenvalue weighted by Gasteiger charge is -2.27. The fourth-order valence-corrected chi connectivity index (χ4v) is 3.34. The predicted molar refractivity (Wildman–Crippen MR) is 84.2 cm³/mol. The van der Waals surface area contributed by atoms with Gasteiger partial charge in [-0.15, -0.1) is 0 Å². The van der Waals surface area contributed by atoms with E-state index in [0.717, 1.165) is 51.1 Å². The quantitative estimate of drug-likeness (QED) is 0.845. The topological polar surface area (TPSA) is 59.4 Å². The van der Waals surface area contributed by atoms with Crippen LogP contribution in [0.5, 0.6) is 0 Å². The van der Waals surface area contributed by atoms with Crippen molar-refractivity contribution in [1.82, 2.24) is 15.1 Å². The first-order valence-electron chi connectivity index (χ1n) is 8.03. The van der Waals surface area contributed by atoms with E-state index in [1.807, 2.05) is 34.1 Å². The number of hydrogen-bond acceptors (Lipinski definition) is 3. The van der Waals surface area contributed by atoms with Gasteiger partial charge in [0.1, 0.15) is 0 Å². The highest BCUT2D eigenvalue weighted by molar-refractivity contribution is 5.77. The van der Waals surface area contributed by atoms with Crippen molar-refractivity contribution in [3.8, 4) is 6.07 Å². The highest BCUT2D eigenvalue weighted by Gasteiger charge is 2.37. The summed E-state index contributed by atoms with van der Waals surface area (Å²) in [5.74, 6) is 0. The third-order valence-electron chi connectivity index (χ3n) is 4.52. The minimum absolute atomic E-state index is 0.206. The molecule has 0 aromatic heterocycles. The SMILES string of the molecule is N#Cc1cccc(CNCCN2CC3CCCCN3C2=O)c1. The Labute approximate surface area is 131 Å². The lowest BCUT2D eigenvalue weighted by molar-refractivity contribution is 0.175. The van der Waals surface area contributed by atoms with E-state index in [1.165, 1.54) is 6.42 Å². The molecular weight excluding hydrogens is 276 g/mol. The van der Waals surface area contributed by atoms with Crippen LogP contribution in [0.25, 0.3) is 0 Å². The van der Waals surface area contributed by atoms with Crippen LogP contribution in [-0.4, -0.2) is 48.1 Å². The minimum atomic E-state index is 0.206. The Morgan fingerprint density at radius 2 is 2.27 bits per heavy atom. The van der Waals surface area contributed by atoms with E-state index < -0.39 is 0 Å². The summed E-state index contributed by atoms with van der Waals surface area (Å²) in [6.07, 6.45) is 3.54. The van der Waals surface area contributed by atoms with Crippen molar-refractivity contribution < 1.29 is 4.79 Å². The van der Waals surface area contributed by atoms with E-state index in [4.69, 9.17) is 5.26 Å². The van der Waals surface area contributed by atoms with Crippen LogP contribution in [0.4, 0.5) is 4.79 Å². The average molecular weight is 298 g/mol. The number of nitrogens with zero attached hydrogens (tertiary/aromatic N) is 3. The molecule has 5 heteroatoms. The maximum Gasteiger partial charge on any atom is 0.320 e. The lowest BCUT2D eigenvalue weighted by atomic mass is 10.0. The molecule has 2 saturated heterocycles. The van der Waals surface area contributed by atoms with Gasteiger partial charge in [-0.05, 0) is 37.0 Å². The Hall–Kier alpha value is -2.06. The molecule has 0 spiro atoms. The van der Waals surface area contributed by atoms with Crippen LogP contribution >= 0.6 is 0 Å². The van der Waals surface area contributed by atoms with Gasteiger partial charge < -0.3 is 15.1 Å². The predicted octanol–water partition coefficient (Wildman–Crippen LogP) is 1.94. The van der Waals surface area contributed by atoms with Crippen LogP contribution < -0.4 is 5.32 Å². The molecule has 5 nitrogen and oxygen atoms in total. The molecule has 0 bridgehead atoms. The van der Waals surface area contributed by atoms with E-state index >= 15 is 0 Å². The number of piperidine rings is 1. The highest BCUT2D eigenvalue weighted by Crippen LogP contribution is 2.24. The molecule has 1 aromatic carbocycles. The van der Waals surface area contributed by atoms with Crippen LogP contribution in [0.15, 0.2) is 24.3 Å². The number of carbonyl (C=O) groups is 1. The summed E-state index contributed by atoms with van der Waals surface area (Å²) in [6, 6.07) is 10.4. The lowest BCUT2D eigenvalue weighted by Crippen LogP contribution is -2.39.